The first-order valence-corrected chi connectivity index (χ1v) is 7.42. The predicted octanol–water partition coefficient (Wildman–Crippen LogP) is 4.50. The Balaban J connectivity index is 2.48. The summed E-state index contributed by atoms with van der Waals surface area (Å²) in [7, 11) is 0. The van der Waals surface area contributed by atoms with Gasteiger partial charge in [-0.15, -0.1) is 0 Å². The van der Waals surface area contributed by atoms with Gasteiger partial charge in [0, 0.05) is 0 Å². The number of phenolic OH excluding ortho intramolecular Hbond substituents is 1. The quantitative estimate of drug-likeness (QED) is 0.399. The monoisotopic (exact) mass is 296 g/mol. The van der Waals surface area contributed by atoms with Crippen molar-refractivity contribution in [3.63, 3.8) is 0 Å². The van der Waals surface area contributed by atoms with Crippen molar-refractivity contribution in [3.8, 4) is 17.2 Å². The predicted molar refractivity (Wildman–Crippen MR) is 80.4 cm³/mol. The summed E-state index contributed by atoms with van der Waals surface area (Å²) in [5.41, 5.74) is 0.747. The Hall–Kier alpha value is -1.91. The zero-order valence-corrected chi connectivity index (χ0v) is 12.7. The van der Waals surface area contributed by atoms with E-state index in [9.17, 15) is 9.90 Å². The molecule has 0 atom stereocenters. The van der Waals surface area contributed by atoms with Crippen molar-refractivity contribution in [2.45, 2.75) is 52.4 Å². The lowest BCUT2D eigenvalue weighted by atomic mass is 10.1. The Morgan fingerprint density at radius 3 is 2.48 bits per heavy atom. The lowest BCUT2D eigenvalue weighted by Gasteiger charge is -2.13. The maximum atomic E-state index is 10.5. The molecule has 0 aromatic heterocycles. The van der Waals surface area contributed by atoms with Crippen LogP contribution in [0.2, 0.25) is 0 Å². The number of aromatic hydroxyl groups is 1. The van der Waals surface area contributed by atoms with Crippen LogP contribution in [0.15, 0.2) is 12.1 Å². The number of phenols is 1. The normalized spacial score (nSPS) is 10.4. The van der Waals surface area contributed by atoms with Gasteiger partial charge in [-0.1, -0.05) is 45.1 Å². The molecule has 0 saturated carbocycles. The minimum absolute atomic E-state index is 0.106. The summed E-state index contributed by atoms with van der Waals surface area (Å²) in [5, 5.41) is 18.6. The van der Waals surface area contributed by atoms with E-state index in [1.54, 1.807) is 13.0 Å². The van der Waals surface area contributed by atoms with Gasteiger partial charge in [0.2, 0.25) is 5.75 Å². The molecule has 0 amide bonds. The van der Waals surface area contributed by atoms with Crippen LogP contribution in [0.3, 0.4) is 0 Å². The van der Waals surface area contributed by atoms with Crippen LogP contribution in [0.25, 0.3) is 0 Å². The number of carboxylic acid groups (broad SMARTS) is 1. The molecule has 0 saturated heterocycles. The van der Waals surface area contributed by atoms with Crippen LogP contribution >= 0.6 is 0 Å². The van der Waals surface area contributed by atoms with Crippen molar-refractivity contribution in [2.24, 2.45) is 0 Å². The molecule has 1 aromatic rings. The largest absolute Gasteiger partial charge is 0.511 e. The highest BCUT2D eigenvalue weighted by Crippen LogP contribution is 2.38. The van der Waals surface area contributed by atoms with Crippen LogP contribution in [0.5, 0.6) is 17.2 Å². The van der Waals surface area contributed by atoms with Crippen molar-refractivity contribution in [1.29, 1.82) is 0 Å². The van der Waals surface area contributed by atoms with E-state index in [0.717, 1.165) is 18.4 Å². The number of aryl methyl sites for hydroxylation is 1. The summed E-state index contributed by atoms with van der Waals surface area (Å²) in [6.07, 6.45) is 5.44. The Bertz CT molecular complexity index is 456. The average molecular weight is 296 g/mol. The smallest absolute Gasteiger partial charge is 0.502 e. The Morgan fingerprint density at radius 2 is 1.81 bits per heavy atom. The molecule has 2 N–H and O–H groups in total. The average Bonchev–Trinajstić information content (AvgIpc) is 2.44. The highest BCUT2D eigenvalue weighted by Gasteiger charge is 2.15. The van der Waals surface area contributed by atoms with E-state index in [-0.39, 0.29) is 11.5 Å². The molecule has 5 heteroatoms. The minimum Gasteiger partial charge on any atom is -0.502 e. The number of benzene rings is 1. The molecular formula is C16H24O5. The maximum Gasteiger partial charge on any atom is 0.511 e. The highest BCUT2D eigenvalue weighted by molar-refractivity contribution is 5.65. The summed E-state index contributed by atoms with van der Waals surface area (Å²) < 4.78 is 10.1. The summed E-state index contributed by atoms with van der Waals surface area (Å²) >= 11 is 0. The lowest BCUT2D eigenvalue weighted by Crippen LogP contribution is -2.05. The second-order valence-corrected chi connectivity index (χ2v) is 5.04. The molecule has 0 aliphatic carbocycles. The molecule has 118 valence electrons. The molecule has 0 heterocycles. The maximum absolute atomic E-state index is 10.5. The first-order chi connectivity index (χ1) is 10.1. The van der Waals surface area contributed by atoms with E-state index in [4.69, 9.17) is 9.84 Å². The standard InChI is InChI=1S/C16H24O5/c1-3-4-5-6-7-8-11-20-15-12(2)9-10-13(14(15)17)21-16(18)19/h9-10,17H,3-8,11H2,1-2H3,(H,18,19). The van der Waals surface area contributed by atoms with Crippen molar-refractivity contribution < 1.29 is 24.5 Å². The number of hydrogen-bond acceptors (Lipinski definition) is 4. The topological polar surface area (TPSA) is 76.0 Å². The van der Waals surface area contributed by atoms with Gasteiger partial charge in [0.25, 0.3) is 0 Å². The van der Waals surface area contributed by atoms with E-state index >= 15 is 0 Å². The molecule has 0 radical (unpaired) electrons. The summed E-state index contributed by atoms with van der Waals surface area (Å²) in [6.45, 7) is 4.47. The van der Waals surface area contributed by atoms with Gasteiger partial charge >= 0.3 is 6.16 Å². The minimum atomic E-state index is -1.46. The lowest BCUT2D eigenvalue weighted by molar-refractivity contribution is 0.142. The molecule has 1 aromatic carbocycles. The van der Waals surface area contributed by atoms with Gasteiger partial charge < -0.3 is 19.7 Å². The van der Waals surface area contributed by atoms with Crippen molar-refractivity contribution >= 4 is 6.16 Å². The van der Waals surface area contributed by atoms with Crippen molar-refractivity contribution in [3.05, 3.63) is 17.7 Å². The Labute approximate surface area is 125 Å². The van der Waals surface area contributed by atoms with Gasteiger partial charge in [0.15, 0.2) is 11.5 Å². The number of ether oxygens (including phenoxy) is 2. The van der Waals surface area contributed by atoms with Crippen LogP contribution in [-0.4, -0.2) is 23.0 Å². The van der Waals surface area contributed by atoms with E-state index in [1.807, 2.05) is 0 Å². The zero-order chi connectivity index (χ0) is 15.7. The van der Waals surface area contributed by atoms with Crippen LogP contribution < -0.4 is 9.47 Å². The molecule has 0 fully saturated rings. The fourth-order valence-corrected chi connectivity index (χ4v) is 2.07. The van der Waals surface area contributed by atoms with Crippen LogP contribution in [0, 0.1) is 6.92 Å². The molecule has 0 unspecified atom stereocenters. The van der Waals surface area contributed by atoms with Crippen LogP contribution in [-0.2, 0) is 0 Å². The van der Waals surface area contributed by atoms with E-state index in [0.29, 0.717) is 12.4 Å². The zero-order valence-electron chi connectivity index (χ0n) is 12.7. The molecule has 1 rings (SSSR count). The van der Waals surface area contributed by atoms with Gasteiger partial charge in [0.1, 0.15) is 0 Å². The first kappa shape index (κ1) is 17.1. The number of carbonyl (C=O) groups is 1. The van der Waals surface area contributed by atoms with Crippen molar-refractivity contribution in [2.75, 3.05) is 6.61 Å². The second kappa shape index (κ2) is 9.10. The van der Waals surface area contributed by atoms with Gasteiger partial charge in [-0.25, -0.2) is 4.79 Å². The third-order valence-corrected chi connectivity index (χ3v) is 3.23. The molecule has 5 nitrogen and oxygen atoms in total. The van der Waals surface area contributed by atoms with Gasteiger partial charge in [-0.2, -0.15) is 0 Å². The fraction of sp³-hybridized carbons (Fsp3) is 0.562. The second-order valence-electron chi connectivity index (χ2n) is 5.04. The van der Waals surface area contributed by atoms with Gasteiger partial charge in [-0.05, 0) is 25.0 Å². The number of hydrogen-bond donors (Lipinski definition) is 2. The Kier molecular flexibility index (Phi) is 7.43. The number of unbranched alkanes of at least 4 members (excludes halogenated alkanes) is 5. The van der Waals surface area contributed by atoms with Gasteiger partial charge in [0.05, 0.1) is 6.61 Å². The number of rotatable bonds is 9. The molecule has 0 spiro atoms. The van der Waals surface area contributed by atoms with Crippen molar-refractivity contribution in [1.82, 2.24) is 0 Å². The highest BCUT2D eigenvalue weighted by atomic mass is 16.7. The molecule has 0 bridgehead atoms. The van der Waals surface area contributed by atoms with E-state index in [1.165, 1.54) is 31.7 Å². The fourth-order valence-electron chi connectivity index (χ4n) is 2.07. The van der Waals surface area contributed by atoms with Gasteiger partial charge in [-0.3, -0.25) is 0 Å². The molecule has 0 aliphatic rings. The van der Waals surface area contributed by atoms with E-state index in [2.05, 4.69) is 11.7 Å². The molecule has 0 aliphatic heterocycles. The third kappa shape index (κ3) is 5.94. The SMILES string of the molecule is CCCCCCCCOc1c(C)ccc(OC(=O)O)c1O. The Morgan fingerprint density at radius 1 is 1.14 bits per heavy atom. The van der Waals surface area contributed by atoms with E-state index < -0.39 is 6.16 Å². The summed E-state index contributed by atoms with van der Waals surface area (Å²) in [5.74, 6) is -0.0725. The summed E-state index contributed by atoms with van der Waals surface area (Å²) in [4.78, 5) is 10.5. The van der Waals surface area contributed by atoms with Crippen LogP contribution in [0.4, 0.5) is 4.79 Å². The molecule has 21 heavy (non-hydrogen) atoms. The van der Waals surface area contributed by atoms with Crippen LogP contribution in [0.1, 0.15) is 51.0 Å². The summed E-state index contributed by atoms with van der Waals surface area (Å²) in [6, 6.07) is 3.07. The third-order valence-electron chi connectivity index (χ3n) is 3.23. The molecular weight excluding hydrogens is 272 g/mol. The first-order valence-electron chi connectivity index (χ1n) is 7.42.